The van der Waals surface area contributed by atoms with Gasteiger partial charge in [-0.2, -0.15) is 0 Å². The minimum Gasteiger partial charge on any atom is -0.481 e. The minimum atomic E-state index is -0.896. The third-order valence-electron chi connectivity index (χ3n) is 5.86. The summed E-state index contributed by atoms with van der Waals surface area (Å²) in [7, 11) is 0. The van der Waals surface area contributed by atoms with Gasteiger partial charge in [0.15, 0.2) is 0 Å². The third kappa shape index (κ3) is 4.81. The molecule has 0 saturated heterocycles. The first-order valence-electron chi connectivity index (χ1n) is 10.6. The van der Waals surface area contributed by atoms with Crippen LogP contribution in [0.1, 0.15) is 49.4 Å². The minimum absolute atomic E-state index is 0.334. The highest BCUT2D eigenvalue weighted by Gasteiger charge is 2.35. The number of carboxylic acids is 1. The van der Waals surface area contributed by atoms with Crippen LogP contribution in [0.3, 0.4) is 0 Å². The second kappa shape index (κ2) is 9.75. The van der Waals surface area contributed by atoms with Crippen molar-refractivity contribution in [3.8, 4) is 0 Å². The number of hydrogen-bond donors (Lipinski definition) is 4. The molecule has 2 unspecified atom stereocenters. The van der Waals surface area contributed by atoms with Crippen molar-refractivity contribution in [3.05, 3.63) is 36.0 Å². The Bertz CT molecular complexity index is 923. The number of nitrogens with one attached hydrogen (secondary N) is 2. The Kier molecular flexibility index (Phi) is 7.10. The van der Waals surface area contributed by atoms with Crippen molar-refractivity contribution >= 4 is 28.7 Å². The van der Waals surface area contributed by atoms with Crippen LogP contribution in [0.25, 0.3) is 10.9 Å². The second-order valence-corrected chi connectivity index (χ2v) is 7.82. The fraction of sp³-hybridized carbons (Fsp3) is 0.500. The summed E-state index contributed by atoms with van der Waals surface area (Å²) in [6, 6.07) is 6.29. The predicted molar refractivity (Wildman–Crippen MR) is 114 cm³/mol. The molecule has 162 valence electrons. The van der Waals surface area contributed by atoms with Gasteiger partial charge in [0.1, 0.15) is 6.04 Å². The lowest BCUT2D eigenvalue weighted by atomic mass is 10.0. The molecule has 3 rings (SSSR count). The molecule has 1 fully saturated rings. The maximum absolute atomic E-state index is 12.9. The zero-order valence-corrected chi connectivity index (χ0v) is 17.3. The lowest BCUT2D eigenvalue weighted by Gasteiger charge is -2.23. The van der Waals surface area contributed by atoms with Gasteiger partial charge in [-0.1, -0.05) is 12.5 Å². The van der Waals surface area contributed by atoms with Crippen molar-refractivity contribution in [3.63, 3.8) is 0 Å². The Labute approximate surface area is 175 Å². The van der Waals surface area contributed by atoms with Crippen LogP contribution in [0.15, 0.2) is 30.5 Å². The molecule has 1 aromatic heterocycles. The van der Waals surface area contributed by atoms with Crippen molar-refractivity contribution in [2.75, 3.05) is 6.54 Å². The van der Waals surface area contributed by atoms with Gasteiger partial charge in [-0.3, -0.25) is 14.4 Å². The van der Waals surface area contributed by atoms with Crippen molar-refractivity contribution in [1.29, 1.82) is 0 Å². The van der Waals surface area contributed by atoms with Gasteiger partial charge >= 0.3 is 5.97 Å². The highest BCUT2D eigenvalue weighted by molar-refractivity contribution is 6.00. The largest absolute Gasteiger partial charge is 0.481 e. The van der Waals surface area contributed by atoms with Crippen molar-refractivity contribution < 1.29 is 19.5 Å². The van der Waals surface area contributed by atoms with Crippen LogP contribution in [0.5, 0.6) is 0 Å². The van der Waals surface area contributed by atoms with E-state index in [-0.39, 0.29) is 11.8 Å². The number of aryl methyl sites for hydroxylation is 1. The molecule has 8 nitrogen and oxygen atoms in total. The van der Waals surface area contributed by atoms with E-state index in [2.05, 4.69) is 15.2 Å². The molecule has 2 aromatic rings. The maximum atomic E-state index is 12.9. The van der Waals surface area contributed by atoms with Gasteiger partial charge < -0.3 is 26.0 Å². The molecule has 30 heavy (non-hydrogen) atoms. The van der Waals surface area contributed by atoms with Gasteiger partial charge in [0, 0.05) is 29.9 Å². The first-order chi connectivity index (χ1) is 14.4. The van der Waals surface area contributed by atoms with Crippen LogP contribution in [0.2, 0.25) is 0 Å². The average molecular weight is 415 g/mol. The summed E-state index contributed by atoms with van der Waals surface area (Å²) in [5.74, 6) is -2.16. The van der Waals surface area contributed by atoms with Gasteiger partial charge in [-0.05, 0) is 62.7 Å². The normalized spacial score (nSPS) is 19.5. The first kappa shape index (κ1) is 21.8. The van der Waals surface area contributed by atoms with E-state index in [0.29, 0.717) is 37.8 Å². The van der Waals surface area contributed by atoms with Crippen LogP contribution in [-0.4, -0.2) is 46.1 Å². The third-order valence-corrected chi connectivity index (χ3v) is 5.86. The van der Waals surface area contributed by atoms with Crippen molar-refractivity contribution in [1.82, 2.24) is 15.2 Å². The number of nitrogens with zero attached hydrogens (tertiary/aromatic N) is 1. The van der Waals surface area contributed by atoms with Gasteiger partial charge in [-0.15, -0.1) is 0 Å². The molecule has 3 atom stereocenters. The number of nitrogens with two attached hydrogens (primary N) is 1. The summed E-state index contributed by atoms with van der Waals surface area (Å²) in [5.41, 5.74) is 7.04. The standard InChI is InChI=1S/C22H30N4O4/c1-2-26-12-10-14-8-9-15(13-19(14)26)20(27)25-18(7-4-11-23)21(28)24-17-6-3-5-16(17)22(29)30/h8-10,12-13,16-18H,2-7,11,23H2,1H3,(H,24,28)(H,25,27)(H,29,30)/t16?,17-,18?/m0/s1. The molecule has 5 N–H and O–H groups in total. The molecule has 0 spiro atoms. The van der Waals surface area contributed by atoms with E-state index in [9.17, 15) is 19.5 Å². The van der Waals surface area contributed by atoms with Crippen LogP contribution < -0.4 is 16.4 Å². The van der Waals surface area contributed by atoms with Crippen LogP contribution in [-0.2, 0) is 16.1 Å². The van der Waals surface area contributed by atoms with Crippen LogP contribution >= 0.6 is 0 Å². The molecule has 0 bridgehead atoms. The number of benzene rings is 1. The number of aromatic nitrogens is 1. The molecule has 2 amide bonds. The molecule has 1 saturated carbocycles. The quantitative estimate of drug-likeness (QED) is 0.498. The van der Waals surface area contributed by atoms with Crippen LogP contribution in [0.4, 0.5) is 0 Å². The van der Waals surface area contributed by atoms with E-state index >= 15 is 0 Å². The van der Waals surface area contributed by atoms with Crippen molar-refractivity contribution in [2.24, 2.45) is 11.7 Å². The highest BCUT2D eigenvalue weighted by atomic mass is 16.4. The van der Waals surface area contributed by atoms with E-state index in [1.807, 2.05) is 31.3 Å². The SMILES string of the molecule is CCn1ccc2ccc(C(=O)NC(CCCN)C(=O)N[C@H]3CCCC3C(=O)O)cc21. The van der Waals surface area contributed by atoms with Crippen molar-refractivity contribution in [2.45, 2.75) is 57.7 Å². The Hall–Kier alpha value is -2.87. The summed E-state index contributed by atoms with van der Waals surface area (Å²) in [5, 5.41) is 16.0. The Morgan fingerprint density at radius 3 is 2.77 bits per heavy atom. The molecule has 1 aliphatic carbocycles. The Morgan fingerprint density at radius 2 is 2.07 bits per heavy atom. The number of aliphatic carboxylic acids is 1. The van der Waals surface area contributed by atoms with Gasteiger partial charge in [0.2, 0.25) is 5.91 Å². The number of rotatable bonds is 9. The Morgan fingerprint density at radius 1 is 1.27 bits per heavy atom. The number of carbonyl (C=O) groups is 3. The Balaban J connectivity index is 1.72. The van der Waals surface area contributed by atoms with Gasteiger partial charge in [-0.25, -0.2) is 0 Å². The number of hydrogen-bond acceptors (Lipinski definition) is 4. The lowest BCUT2D eigenvalue weighted by molar-refractivity contribution is -0.142. The topological polar surface area (TPSA) is 126 Å². The molecule has 1 aliphatic rings. The van der Waals surface area contributed by atoms with Gasteiger partial charge in [0.25, 0.3) is 5.91 Å². The molecule has 8 heteroatoms. The second-order valence-electron chi connectivity index (χ2n) is 7.82. The summed E-state index contributed by atoms with van der Waals surface area (Å²) in [6.07, 6.45) is 4.89. The molecule has 0 radical (unpaired) electrons. The number of fused-ring (bicyclic) bond motifs is 1. The molecule has 1 heterocycles. The lowest BCUT2D eigenvalue weighted by Crippen LogP contribution is -2.51. The zero-order chi connectivity index (χ0) is 21.7. The predicted octanol–water partition coefficient (Wildman–Crippen LogP) is 1.87. The van der Waals surface area contributed by atoms with Crippen LogP contribution in [0, 0.1) is 5.92 Å². The fourth-order valence-corrected chi connectivity index (χ4v) is 4.14. The summed E-state index contributed by atoms with van der Waals surface area (Å²) >= 11 is 0. The highest BCUT2D eigenvalue weighted by Crippen LogP contribution is 2.26. The summed E-state index contributed by atoms with van der Waals surface area (Å²) in [6.45, 7) is 3.23. The maximum Gasteiger partial charge on any atom is 0.308 e. The fourth-order valence-electron chi connectivity index (χ4n) is 4.14. The van der Waals surface area contributed by atoms with E-state index in [4.69, 9.17) is 5.73 Å². The molecular formula is C22H30N4O4. The summed E-state index contributed by atoms with van der Waals surface area (Å²) < 4.78 is 2.05. The van der Waals surface area contributed by atoms with E-state index < -0.39 is 24.0 Å². The van der Waals surface area contributed by atoms with Gasteiger partial charge in [0.05, 0.1) is 5.92 Å². The zero-order valence-electron chi connectivity index (χ0n) is 17.3. The molecular weight excluding hydrogens is 384 g/mol. The van der Waals surface area contributed by atoms with E-state index in [1.54, 1.807) is 6.07 Å². The molecule has 1 aromatic carbocycles. The number of carbonyl (C=O) groups excluding carboxylic acids is 2. The molecule has 0 aliphatic heterocycles. The summed E-state index contributed by atoms with van der Waals surface area (Å²) in [4.78, 5) is 37.1. The number of carboxylic acid groups (broad SMARTS) is 1. The monoisotopic (exact) mass is 414 g/mol. The average Bonchev–Trinajstić information content (AvgIpc) is 3.36. The van der Waals surface area contributed by atoms with E-state index in [1.165, 1.54) is 0 Å². The van der Waals surface area contributed by atoms with E-state index in [0.717, 1.165) is 23.9 Å². The smallest absolute Gasteiger partial charge is 0.308 e. The number of amides is 2. The first-order valence-corrected chi connectivity index (χ1v) is 10.6.